The van der Waals surface area contributed by atoms with Crippen molar-refractivity contribution in [3.8, 4) is 0 Å². The fourth-order valence-electron chi connectivity index (χ4n) is 1.21. The molecular weight excluding hydrogens is 246 g/mol. The molecule has 0 heterocycles. The normalized spacial score (nSPS) is 12.0. The summed E-state index contributed by atoms with van der Waals surface area (Å²) in [4.78, 5) is 0. The predicted octanol–water partition coefficient (Wildman–Crippen LogP) is 1.32. The zero-order valence-electron chi connectivity index (χ0n) is 13.0. The summed E-state index contributed by atoms with van der Waals surface area (Å²) in [5.74, 6) is 0. The maximum Gasteiger partial charge on any atom is 0.0701 e. The molecule has 0 aromatic carbocycles. The highest BCUT2D eigenvalue weighted by atomic mass is 16.6. The third-order valence-electron chi connectivity index (χ3n) is 2.15. The molecule has 0 radical (unpaired) electrons. The average molecular weight is 277 g/mol. The minimum absolute atomic E-state index is 0.219. The number of hydrogen-bond donors (Lipinski definition) is 1. The van der Waals surface area contributed by atoms with Crippen LogP contribution in [0.3, 0.4) is 0 Å². The number of rotatable bonds is 13. The highest BCUT2D eigenvalue weighted by molar-refractivity contribution is 4.58. The molecule has 1 N–H and O–H groups in total. The van der Waals surface area contributed by atoms with Gasteiger partial charge >= 0.3 is 0 Å². The van der Waals surface area contributed by atoms with E-state index in [4.69, 9.17) is 18.9 Å². The molecule has 0 aromatic rings. The Bertz CT molecular complexity index is 183. The second-order valence-corrected chi connectivity index (χ2v) is 5.55. The molecule has 116 valence electrons. The molecule has 0 aromatic heterocycles. The maximum absolute atomic E-state index is 5.49. The van der Waals surface area contributed by atoms with Crippen LogP contribution in [0.2, 0.25) is 0 Å². The van der Waals surface area contributed by atoms with Crippen molar-refractivity contribution in [2.45, 2.75) is 20.8 Å². The Hall–Kier alpha value is -0.200. The third-order valence-corrected chi connectivity index (χ3v) is 2.15. The quantitative estimate of drug-likeness (QED) is 0.515. The third kappa shape index (κ3) is 17.8. The van der Waals surface area contributed by atoms with Crippen molar-refractivity contribution in [1.29, 1.82) is 0 Å². The largest absolute Gasteiger partial charge is 0.379 e. The fourth-order valence-corrected chi connectivity index (χ4v) is 1.21. The minimum Gasteiger partial charge on any atom is -0.379 e. The first-order valence-corrected chi connectivity index (χ1v) is 7.02. The number of nitrogens with one attached hydrogen (secondary N) is 1. The van der Waals surface area contributed by atoms with E-state index in [1.54, 1.807) is 0 Å². The first kappa shape index (κ1) is 18.8. The Morgan fingerprint density at radius 2 is 1.11 bits per heavy atom. The molecule has 0 rings (SSSR count). The smallest absolute Gasteiger partial charge is 0.0701 e. The number of hydrogen-bond acceptors (Lipinski definition) is 5. The highest BCUT2D eigenvalue weighted by Gasteiger charge is 2.09. The summed E-state index contributed by atoms with van der Waals surface area (Å²) in [6, 6.07) is 0. The molecule has 0 amide bonds. The van der Waals surface area contributed by atoms with Crippen molar-refractivity contribution in [2.24, 2.45) is 5.41 Å². The van der Waals surface area contributed by atoms with Crippen molar-refractivity contribution in [3.05, 3.63) is 0 Å². The van der Waals surface area contributed by atoms with E-state index in [-0.39, 0.29) is 5.41 Å². The lowest BCUT2D eigenvalue weighted by Gasteiger charge is -2.17. The molecule has 0 aliphatic rings. The minimum atomic E-state index is 0.219. The van der Waals surface area contributed by atoms with Crippen LogP contribution in [0.5, 0.6) is 0 Å². The second-order valence-electron chi connectivity index (χ2n) is 5.55. The molecule has 0 atom stereocenters. The van der Waals surface area contributed by atoms with Gasteiger partial charge in [-0.15, -0.1) is 0 Å². The van der Waals surface area contributed by atoms with E-state index in [1.807, 2.05) is 7.05 Å². The summed E-state index contributed by atoms with van der Waals surface area (Å²) in [7, 11) is 1.91. The van der Waals surface area contributed by atoms with Crippen molar-refractivity contribution in [3.63, 3.8) is 0 Å². The molecule has 0 saturated carbocycles. The lowest BCUT2D eigenvalue weighted by atomic mass is 9.99. The van der Waals surface area contributed by atoms with Crippen LogP contribution < -0.4 is 5.32 Å². The predicted molar refractivity (Wildman–Crippen MR) is 76.7 cm³/mol. The fraction of sp³-hybridized carbons (Fsp3) is 1.00. The molecule has 5 heteroatoms. The highest BCUT2D eigenvalue weighted by Crippen LogP contribution is 2.12. The van der Waals surface area contributed by atoms with Gasteiger partial charge in [0.1, 0.15) is 0 Å². The summed E-state index contributed by atoms with van der Waals surface area (Å²) < 4.78 is 21.6. The van der Waals surface area contributed by atoms with E-state index in [9.17, 15) is 0 Å². The molecule has 0 aliphatic carbocycles. The van der Waals surface area contributed by atoms with E-state index in [0.717, 1.165) is 19.8 Å². The molecule has 0 saturated heterocycles. The van der Waals surface area contributed by atoms with Crippen molar-refractivity contribution in [2.75, 3.05) is 66.4 Å². The van der Waals surface area contributed by atoms with Gasteiger partial charge in [0, 0.05) is 6.54 Å². The van der Waals surface area contributed by atoms with Gasteiger partial charge in [0.2, 0.25) is 0 Å². The van der Waals surface area contributed by atoms with Crippen molar-refractivity contribution >= 4 is 0 Å². The molecule has 19 heavy (non-hydrogen) atoms. The maximum atomic E-state index is 5.49. The van der Waals surface area contributed by atoms with E-state index in [2.05, 4.69) is 26.1 Å². The number of ether oxygens (including phenoxy) is 4. The zero-order valence-corrected chi connectivity index (χ0v) is 13.0. The van der Waals surface area contributed by atoms with Crippen LogP contribution >= 0.6 is 0 Å². The lowest BCUT2D eigenvalue weighted by Crippen LogP contribution is -2.18. The van der Waals surface area contributed by atoms with Gasteiger partial charge in [-0.05, 0) is 12.5 Å². The van der Waals surface area contributed by atoms with E-state index in [0.29, 0.717) is 39.6 Å². The SMILES string of the molecule is CNCCOCCOCCOCCOCC(C)(C)C. The van der Waals surface area contributed by atoms with E-state index >= 15 is 0 Å². The van der Waals surface area contributed by atoms with Crippen LogP contribution in [0.4, 0.5) is 0 Å². The Morgan fingerprint density at radius 3 is 1.53 bits per heavy atom. The zero-order chi connectivity index (χ0) is 14.4. The van der Waals surface area contributed by atoms with Gasteiger partial charge in [-0.2, -0.15) is 0 Å². The summed E-state index contributed by atoms with van der Waals surface area (Å²) >= 11 is 0. The molecule has 0 spiro atoms. The van der Waals surface area contributed by atoms with E-state index in [1.165, 1.54) is 0 Å². The first-order chi connectivity index (χ1) is 9.06. The summed E-state index contributed by atoms with van der Waals surface area (Å²) in [5.41, 5.74) is 0.219. The van der Waals surface area contributed by atoms with Gasteiger partial charge in [0.05, 0.1) is 52.9 Å². The summed E-state index contributed by atoms with van der Waals surface area (Å²) in [6.07, 6.45) is 0. The summed E-state index contributed by atoms with van der Waals surface area (Å²) in [6.45, 7) is 12.5. The topological polar surface area (TPSA) is 49.0 Å². The Morgan fingerprint density at radius 1 is 0.684 bits per heavy atom. The van der Waals surface area contributed by atoms with Crippen LogP contribution in [0, 0.1) is 5.41 Å². The van der Waals surface area contributed by atoms with Crippen LogP contribution in [0.1, 0.15) is 20.8 Å². The van der Waals surface area contributed by atoms with Crippen LogP contribution in [-0.2, 0) is 18.9 Å². The Balaban J connectivity index is 2.99. The summed E-state index contributed by atoms with van der Waals surface area (Å²) in [5, 5.41) is 3.01. The molecule has 0 fully saturated rings. The molecule has 0 unspecified atom stereocenters. The molecular formula is C14H31NO4. The van der Waals surface area contributed by atoms with Crippen LogP contribution in [-0.4, -0.2) is 66.4 Å². The second kappa shape index (κ2) is 12.8. The van der Waals surface area contributed by atoms with Gasteiger partial charge in [-0.3, -0.25) is 0 Å². The average Bonchev–Trinajstić information content (AvgIpc) is 2.34. The van der Waals surface area contributed by atoms with Crippen LogP contribution in [0.25, 0.3) is 0 Å². The first-order valence-electron chi connectivity index (χ1n) is 7.02. The monoisotopic (exact) mass is 277 g/mol. The van der Waals surface area contributed by atoms with Crippen molar-refractivity contribution in [1.82, 2.24) is 5.32 Å². The molecule has 5 nitrogen and oxygen atoms in total. The molecule has 0 aliphatic heterocycles. The van der Waals surface area contributed by atoms with E-state index < -0.39 is 0 Å². The lowest BCUT2D eigenvalue weighted by molar-refractivity contribution is -0.0106. The molecule has 0 bridgehead atoms. The van der Waals surface area contributed by atoms with Gasteiger partial charge in [-0.25, -0.2) is 0 Å². The van der Waals surface area contributed by atoms with Gasteiger partial charge in [-0.1, -0.05) is 20.8 Å². The van der Waals surface area contributed by atoms with Crippen molar-refractivity contribution < 1.29 is 18.9 Å². The van der Waals surface area contributed by atoms with Gasteiger partial charge in [0.15, 0.2) is 0 Å². The Labute approximate surface area is 117 Å². The van der Waals surface area contributed by atoms with Gasteiger partial charge < -0.3 is 24.3 Å². The van der Waals surface area contributed by atoms with Gasteiger partial charge in [0.25, 0.3) is 0 Å². The number of likely N-dealkylation sites (N-methyl/N-ethyl adjacent to an activating group) is 1. The Kier molecular flexibility index (Phi) is 12.7. The van der Waals surface area contributed by atoms with Crippen LogP contribution in [0.15, 0.2) is 0 Å². The standard InChI is InChI=1S/C14H31NO4/c1-14(2,3)13-19-12-11-18-10-9-17-8-7-16-6-5-15-4/h15H,5-13H2,1-4H3.